The van der Waals surface area contributed by atoms with Crippen LogP contribution in [-0.2, 0) is 13.6 Å². The lowest BCUT2D eigenvalue weighted by atomic mass is 9.42. The average molecular weight is 727 g/mol. The molecule has 4 heterocycles. The average Bonchev–Trinajstić information content (AvgIpc) is 3.07. The van der Waals surface area contributed by atoms with Crippen LogP contribution in [0, 0.1) is 34.0 Å². The highest BCUT2D eigenvalue weighted by Crippen LogP contribution is 2.70. The monoisotopic (exact) mass is 726 g/mol. The second-order valence-electron chi connectivity index (χ2n) is 18.1. The molecule has 3 fully saturated rings. The predicted molar refractivity (Wildman–Crippen MR) is 196 cm³/mol. The SMILES string of the molecule is CC(C)(C)[Si]1(C(C)(C)C)OC[C@@]2(C)[C@@H]3C[C@H](OC(=O)c4ccc(C#N)cc4)[C@@]4(C)Oc5cc(-c6cccnc6)oc(=O)c5[C@H](O)[C@@H]4[C@@]3(C)CC[C@@H]2O1. The molecule has 7 rings (SSSR count). The molecule has 0 radical (unpaired) electrons. The van der Waals surface area contributed by atoms with E-state index in [9.17, 15) is 20.0 Å². The Labute approximate surface area is 306 Å². The number of aliphatic hydroxyl groups excluding tert-OH is 1. The largest absolute Gasteiger partial charge is 0.482 e. The van der Waals surface area contributed by atoms with Gasteiger partial charge in [-0.2, -0.15) is 5.26 Å². The van der Waals surface area contributed by atoms with Gasteiger partial charge in [0.1, 0.15) is 28.8 Å². The van der Waals surface area contributed by atoms with Crippen molar-refractivity contribution >= 4 is 14.5 Å². The van der Waals surface area contributed by atoms with Gasteiger partial charge in [0, 0.05) is 52.0 Å². The number of hydrogen-bond donors (Lipinski definition) is 1. The van der Waals surface area contributed by atoms with Crippen molar-refractivity contribution in [2.75, 3.05) is 6.61 Å². The smallest absolute Gasteiger partial charge is 0.349 e. The summed E-state index contributed by atoms with van der Waals surface area (Å²) in [5.74, 6) is -0.926. The number of aromatic nitrogens is 1. The summed E-state index contributed by atoms with van der Waals surface area (Å²) < 4.78 is 33.6. The number of aliphatic hydroxyl groups is 1. The van der Waals surface area contributed by atoms with Gasteiger partial charge in [0.25, 0.3) is 0 Å². The quantitative estimate of drug-likeness (QED) is 0.209. The van der Waals surface area contributed by atoms with Gasteiger partial charge in [-0.05, 0) is 73.9 Å². The zero-order chi connectivity index (χ0) is 37.6. The normalized spacial score (nSPS) is 33.6. The highest BCUT2D eigenvalue weighted by molar-refractivity contribution is 6.73. The summed E-state index contributed by atoms with van der Waals surface area (Å²) in [5, 5.41) is 21.4. The lowest BCUT2D eigenvalue weighted by Gasteiger charge is -2.69. The Bertz CT molecular complexity index is 1960. The van der Waals surface area contributed by atoms with Crippen LogP contribution >= 0.6 is 0 Å². The number of carbonyl (C=O) groups is 1. The second kappa shape index (κ2) is 12.1. The lowest BCUT2D eigenvalue weighted by molar-refractivity contribution is -0.270. The van der Waals surface area contributed by atoms with Crippen molar-refractivity contribution in [3.63, 3.8) is 0 Å². The maximum absolute atomic E-state index is 13.9. The van der Waals surface area contributed by atoms with Gasteiger partial charge in [-0.3, -0.25) is 4.98 Å². The van der Waals surface area contributed by atoms with Crippen LogP contribution in [0.15, 0.2) is 64.1 Å². The van der Waals surface area contributed by atoms with Gasteiger partial charge in [0.2, 0.25) is 0 Å². The lowest BCUT2D eigenvalue weighted by Crippen LogP contribution is -2.74. The summed E-state index contributed by atoms with van der Waals surface area (Å²) in [4.78, 5) is 31.9. The third-order valence-electron chi connectivity index (χ3n) is 12.9. The van der Waals surface area contributed by atoms with Crippen molar-refractivity contribution in [3.05, 3.63) is 82.0 Å². The first kappa shape index (κ1) is 36.5. The van der Waals surface area contributed by atoms with Crippen LogP contribution in [0.1, 0.15) is 109 Å². The molecule has 3 aromatic rings. The summed E-state index contributed by atoms with van der Waals surface area (Å²) in [6.45, 7) is 20.0. The topological polar surface area (TPSA) is 141 Å². The molecule has 2 aliphatic carbocycles. The molecule has 0 unspecified atom stereocenters. The van der Waals surface area contributed by atoms with Crippen LogP contribution in [0.25, 0.3) is 11.3 Å². The van der Waals surface area contributed by atoms with Crippen LogP contribution in [0.4, 0.5) is 0 Å². The molecule has 10 nitrogen and oxygen atoms in total. The zero-order valence-electron chi connectivity index (χ0n) is 31.6. The maximum Gasteiger partial charge on any atom is 0.349 e. The van der Waals surface area contributed by atoms with E-state index in [1.807, 2.05) is 6.92 Å². The van der Waals surface area contributed by atoms with Gasteiger partial charge in [0.05, 0.1) is 29.4 Å². The number of pyridine rings is 1. The minimum atomic E-state index is -2.81. The summed E-state index contributed by atoms with van der Waals surface area (Å²) in [7, 11) is -2.81. The molecule has 4 aliphatic rings. The zero-order valence-corrected chi connectivity index (χ0v) is 32.6. The van der Waals surface area contributed by atoms with Gasteiger partial charge in [0.15, 0.2) is 0 Å². The van der Waals surface area contributed by atoms with Crippen molar-refractivity contribution < 1.29 is 32.6 Å². The summed E-state index contributed by atoms with van der Waals surface area (Å²) in [5.41, 5.74) is -1.64. The van der Waals surface area contributed by atoms with Crippen LogP contribution in [-0.4, -0.2) is 49.0 Å². The predicted octanol–water partition coefficient (Wildman–Crippen LogP) is 7.88. The number of rotatable bonds is 3. The first-order valence-electron chi connectivity index (χ1n) is 18.3. The Balaban J connectivity index is 1.34. The van der Waals surface area contributed by atoms with Gasteiger partial charge >= 0.3 is 20.2 Å². The minimum absolute atomic E-state index is 0.0597. The van der Waals surface area contributed by atoms with Crippen LogP contribution in [0.5, 0.6) is 5.75 Å². The van der Waals surface area contributed by atoms with E-state index >= 15 is 0 Å². The van der Waals surface area contributed by atoms with Gasteiger partial charge in [-0.25, -0.2) is 9.59 Å². The fraction of sp³-hybridized carbons (Fsp3) is 0.561. The first-order valence-corrected chi connectivity index (χ1v) is 20.1. The van der Waals surface area contributed by atoms with Gasteiger partial charge in [-0.15, -0.1) is 0 Å². The Morgan fingerprint density at radius 1 is 1.06 bits per heavy atom. The second-order valence-corrected chi connectivity index (χ2v) is 22.8. The van der Waals surface area contributed by atoms with Crippen LogP contribution in [0.2, 0.25) is 10.1 Å². The number of esters is 1. The van der Waals surface area contributed by atoms with Crippen LogP contribution in [0.3, 0.4) is 0 Å². The number of nitrogens with zero attached hydrogens (tertiary/aromatic N) is 2. The molecule has 1 N–H and O–H groups in total. The Kier molecular flexibility index (Phi) is 8.50. The third kappa shape index (κ3) is 5.31. The summed E-state index contributed by atoms with van der Waals surface area (Å²) >= 11 is 0. The molecule has 2 saturated carbocycles. The minimum Gasteiger partial charge on any atom is -0.482 e. The highest BCUT2D eigenvalue weighted by Gasteiger charge is 2.73. The Morgan fingerprint density at radius 2 is 1.75 bits per heavy atom. The van der Waals surface area contributed by atoms with E-state index < -0.39 is 54.7 Å². The van der Waals surface area contributed by atoms with E-state index in [2.05, 4.69) is 66.4 Å². The fourth-order valence-corrected chi connectivity index (χ4v) is 15.9. The molecule has 52 heavy (non-hydrogen) atoms. The van der Waals surface area contributed by atoms with E-state index in [0.29, 0.717) is 36.1 Å². The maximum atomic E-state index is 13.9. The van der Waals surface area contributed by atoms with Crippen molar-refractivity contribution in [3.8, 4) is 23.1 Å². The number of hydrogen-bond acceptors (Lipinski definition) is 10. The Hall–Kier alpha value is -3.82. The van der Waals surface area contributed by atoms with Gasteiger partial charge in [-0.1, -0.05) is 55.4 Å². The van der Waals surface area contributed by atoms with E-state index in [1.165, 1.54) is 0 Å². The first-order chi connectivity index (χ1) is 24.3. The van der Waals surface area contributed by atoms with E-state index in [-0.39, 0.29) is 39.2 Å². The van der Waals surface area contributed by atoms with Gasteiger partial charge < -0.3 is 27.8 Å². The van der Waals surface area contributed by atoms with E-state index in [4.69, 9.17) is 22.7 Å². The molecular weight excluding hydrogens is 677 g/mol. The molecule has 11 heteroatoms. The molecule has 276 valence electrons. The molecule has 1 saturated heterocycles. The number of benzene rings is 1. The van der Waals surface area contributed by atoms with E-state index in [0.717, 1.165) is 6.42 Å². The van der Waals surface area contributed by atoms with Crippen molar-refractivity contribution in [2.24, 2.45) is 22.7 Å². The third-order valence-corrected chi connectivity index (χ3v) is 18.0. The molecule has 0 amide bonds. The number of carbonyl (C=O) groups excluding carboxylic acids is 1. The molecule has 2 aliphatic heterocycles. The fourth-order valence-electron chi connectivity index (χ4n) is 10.7. The molecule has 8 atom stereocenters. The van der Waals surface area contributed by atoms with Crippen LogP contribution < -0.4 is 10.4 Å². The summed E-state index contributed by atoms with van der Waals surface area (Å²) in [6, 6.07) is 13.6. The number of nitriles is 1. The molecule has 1 aromatic carbocycles. The van der Waals surface area contributed by atoms with Crippen molar-refractivity contribution in [1.29, 1.82) is 5.26 Å². The summed E-state index contributed by atoms with van der Waals surface area (Å²) in [6.07, 6.45) is 2.85. The Morgan fingerprint density at radius 3 is 2.37 bits per heavy atom. The number of ether oxygens (including phenoxy) is 2. The van der Waals surface area contributed by atoms with Crippen molar-refractivity contribution in [1.82, 2.24) is 4.98 Å². The standard InChI is InChI=1S/C41H50N2O8Si/c1-37(2,3)52(38(4,5)6)47-23-40(8)29-20-31(49-35(45)25-14-12-24(21-42)13-15-25)41(9)34(39(29,7)17-16-30(40)51-52)33(44)32-28(50-41)19-27(48-36(32)46)26-11-10-18-43-22-26/h10-15,18-19,22,29-31,33-34,44H,16-17,20,23H2,1-9H3/t29-,30+,31+,33+,34-,39+,40+,41-/m1/s1. The molecule has 0 spiro atoms. The van der Waals surface area contributed by atoms with Crippen molar-refractivity contribution in [2.45, 2.75) is 116 Å². The van der Waals surface area contributed by atoms with E-state index in [1.54, 1.807) is 54.9 Å². The number of fused-ring (bicyclic) bond motifs is 6. The molecule has 0 bridgehead atoms. The molecule has 2 aromatic heterocycles. The molecular formula is C41H50N2O8Si. The highest BCUT2D eigenvalue weighted by atomic mass is 28.4.